The number of rotatable bonds is 3. The molecule has 0 radical (unpaired) electrons. The Morgan fingerprint density at radius 1 is 1.35 bits per heavy atom. The standard InChI is InChI=1S/C16H14FN3/c1-3-5-12-6-4-7-13(14(12)17)15-16-19-10-11(2)20(16)9-8-18-15/h3-4,6-10H,1,5H2,2H3. The Balaban J connectivity index is 2.26. The van der Waals surface area contributed by atoms with Gasteiger partial charge in [0.25, 0.3) is 0 Å². The maximum absolute atomic E-state index is 14.6. The molecule has 20 heavy (non-hydrogen) atoms. The molecule has 0 aliphatic rings. The van der Waals surface area contributed by atoms with Gasteiger partial charge in [-0.1, -0.05) is 18.2 Å². The molecule has 3 rings (SSSR count). The summed E-state index contributed by atoms with van der Waals surface area (Å²) in [6.07, 6.45) is 7.43. The molecule has 2 heterocycles. The zero-order valence-electron chi connectivity index (χ0n) is 11.2. The highest BCUT2D eigenvalue weighted by molar-refractivity contribution is 5.74. The molecular formula is C16H14FN3. The van der Waals surface area contributed by atoms with E-state index < -0.39 is 0 Å². The molecular weight excluding hydrogens is 253 g/mol. The number of allylic oxidation sites excluding steroid dienone is 1. The lowest BCUT2D eigenvalue weighted by atomic mass is 10.0. The first-order chi connectivity index (χ1) is 9.72. The zero-order chi connectivity index (χ0) is 14.1. The number of halogens is 1. The minimum Gasteiger partial charge on any atom is -0.301 e. The Kier molecular flexibility index (Phi) is 3.06. The van der Waals surface area contributed by atoms with E-state index in [1.165, 1.54) is 0 Å². The molecule has 4 heteroatoms. The van der Waals surface area contributed by atoms with Gasteiger partial charge in [-0.05, 0) is 25.0 Å². The fraction of sp³-hybridized carbons (Fsp3) is 0.125. The summed E-state index contributed by atoms with van der Waals surface area (Å²) in [6.45, 7) is 5.61. The lowest BCUT2D eigenvalue weighted by Gasteiger charge is -2.08. The van der Waals surface area contributed by atoms with Gasteiger partial charge in [-0.2, -0.15) is 0 Å². The third kappa shape index (κ3) is 1.90. The summed E-state index contributed by atoms with van der Waals surface area (Å²) in [5.41, 5.74) is 3.31. The van der Waals surface area contributed by atoms with Crippen LogP contribution in [0.4, 0.5) is 4.39 Å². The molecule has 2 aromatic heterocycles. The second kappa shape index (κ2) is 4.89. The molecule has 3 aromatic rings. The van der Waals surface area contributed by atoms with E-state index in [1.807, 2.05) is 23.6 Å². The van der Waals surface area contributed by atoms with E-state index >= 15 is 0 Å². The van der Waals surface area contributed by atoms with Crippen LogP contribution in [-0.4, -0.2) is 14.4 Å². The number of aromatic nitrogens is 3. The third-order valence-corrected chi connectivity index (χ3v) is 3.31. The van der Waals surface area contributed by atoms with E-state index in [2.05, 4.69) is 16.5 Å². The van der Waals surface area contributed by atoms with Gasteiger partial charge >= 0.3 is 0 Å². The van der Waals surface area contributed by atoms with Gasteiger partial charge in [0.05, 0.1) is 0 Å². The highest BCUT2D eigenvalue weighted by Crippen LogP contribution is 2.27. The van der Waals surface area contributed by atoms with Crippen LogP contribution in [0.3, 0.4) is 0 Å². The van der Waals surface area contributed by atoms with Crippen molar-refractivity contribution in [3.63, 3.8) is 0 Å². The number of fused-ring (bicyclic) bond motifs is 1. The molecule has 0 saturated carbocycles. The quantitative estimate of drug-likeness (QED) is 0.679. The van der Waals surface area contributed by atoms with E-state index in [1.54, 1.807) is 30.6 Å². The molecule has 0 fully saturated rings. The van der Waals surface area contributed by atoms with Crippen molar-refractivity contribution >= 4 is 5.65 Å². The Morgan fingerprint density at radius 3 is 3.00 bits per heavy atom. The van der Waals surface area contributed by atoms with Crippen molar-refractivity contribution in [2.24, 2.45) is 0 Å². The van der Waals surface area contributed by atoms with Crippen LogP contribution < -0.4 is 0 Å². The van der Waals surface area contributed by atoms with Crippen molar-refractivity contribution in [1.82, 2.24) is 14.4 Å². The van der Waals surface area contributed by atoms with Crippen LogP contribution in [0.15, 0.2) is 49.4 Å². The molecule has 0 aliphatic heterocycles. The fourth-order valence-electron chi connectivity index (χ4n) is 2.31. The molecule has 0 aliphatic carbocycles. The van der Waals surface area contributed by atoms with Crippen molar-refractivity contribution < 1.29 is 4.39 Å². The number of hydrogen-bond donors (Lipinski definition) is 0. The Labute approximate surface area is 116 Å². The van der Waals surface area contributed by atoms with Crippen molar-refractivity contribution in [3.05, 3.63) is 66.5 Å². The summed E-state index contributed by atoms with van der Waals surface area (Å²) in [7, 11) is 0. The SMILES string of the molecule is C=CCc1cccc(-c2nccn3c(C)cnc23)c1F. The number of hydrogen-bond acceptors (Lipinski definition) is 2. The molecule has 0 unspecified atom stereocenters. The van der Waals surface area contributed by atoms with Gasteiger partial charge in [0, 0.05) is 29.8 Å². The molecule has 0 atom stereocenters. The predicted molar refractivity (Wildman–Crippen MR) is 77.0 cm³/mol. The third-order valence-electron chi connectivity index (χ3n) is 3.31. The number of aryl methyl sites for hydroxylation is 1. The fourth-order valence-corrected chi connectivity index (χ4v) is 2.31. The molecule has 100 valence electrons. The number of imidazole rings is 1. The predicted octanol–water partition coefficient (Wildman–Crippen LogP) is 3.57. The summed E-state index contributed by atoms with van der Waals surface area (Å²) in [6, 6.07) is 5.32. The van der Waals surface area contributed by atoms with Gasteiger partial charge in [-0.3, -0.25) is 4.98 Å². The van der Waals surface area contributed by atoms with Gasteiger partial charge in [-0.25, -0.2) is 9.37 Å². The van der Waals surface area contributed by atoms with Gasteiger partial charge in [0.2, 0.25) is 0 Å². The van der Waals surface area contributed by atoms with E-state index in [0.29, 0.717) is 28.9 Å². The minimum atomic E-state index is -0.256. The van der Waals surface area contributed by atoms with Crippen LogP contribution in [0.1, 0.15) is 11.3 Å². The number of nitrogens with zero attached hydrogens (tertiary/aromatic N) is 3. The molecule has 0 saturated heterocycles. The molecule has 0 bridgehead atoms. The van der Waals surface area contributed by atoms with E-state index in [4.69, 9.17) is 0 Å². The molecule has 0 N–H and O–H groups in total. The van der Waals surface area contributed by atoms with Crippen LogP contribution >= 0.6 is 0 Å². The Morgan fingerprint density at radius 2 is 2.20 bits per heavy atom. The molecule has 1 aromatic carbocycles. The van der Waals surface area contributed by atoms with Crippen LogP contribution in [0, 0.1) is 12.7 Å². The number of benzene rings is 1. The van der Waals surface area contributed by atoms with Gasteiger partial charge in [0.15, 0.2) is 5.65 Å². The lowest BCUT2D eigenvalue weighted by molar-refractivity contribution is 0.618. The van der Waals surface area contributed by atoms with Crippen molar-refractivity contribution in [2.75, 3.05) is 0 Å². The normalized spacial score (nSPS) is 10.9. The highest BCUT2D eigenvalue weighted by atomic mass is 19.1. The van der Waals surface area contributed by atoms with Crippen LogP contribution in [0.2, 0.25) is 0 Å². The maximum Gasteiger partial charge on any atom is 0.163 e. The van der Waals surface area contributed by atoms with E-state index in [9.17, 15) is 4.39 Å². The van der Waals surface area contributed by atoms with Crippen molar-refractivity contribution in [1.29, 1.82) is 0 Å². The first-order valence-electron chi connectivity index (χ1n) is 6.39. The Bertz CT molecular complexity index is 790. The van der Waals surface area contributed by atoms with Crippen molar-refractivity contribution in [2.45, 2.75) is 13.3 Å². The van der Waals surface area contributed by atoms with Crippen molar-refractivity contribution in [3.8, 4) is 11.3 Å². The summed E-state index contributed by atoms with van der Waals surface area (Å²) in [5.74, 6) is -0.256. The van der Waals surface area contributed by atoms with Crippen LogP contribution in [0.25, 0.3) is 16.9 Å². The lowest BCUT2D eigenvalue weighted by Crippen LogP contribution is -1.97. The summed E-state index contributed by atoms with van der Waals surface area (Å²) in [4.78, 5) is 8.63. The highest BCUT2D eigenvalue weighted by Gasteiger charge is 2.14. The van der Waals surface area contributed by atoms with Gasteiger partial charge in [0.1, 0.15) is 11.5 Å². The monoisotopic (exact) mass is 267 g/mol. The Hall–Kier alpha value is -2.49. The van der Waals surface area contributed by atoms with Gasteiger partial charge < -0.3 is 4.40 Å². The van der Waals surface area contributed by atoms with Crippen LogP contribution in [-0.2, 0) is 6.42 Å². The smallest absolute Gasteiger partial charge is 0.163 e. The minimum absolute atomic E-state index is 0.256. The molecule has 0 amide bonds. The average molecular weight is 267 g/mol. The molecule has 0 spiro atoms. The van der Waals surface area contributed by atoms with Gasteiger partial charge in [-0.15, -0.1) is 6.58 Å². The molecule has 3 nitrogen and oxygen atoms in total. The van der Waals surface area contributed by atoms with Crippen LogP contribution in [0.5, 0.6) is 0 Å². The summed E-state index contributed by atoms with van der Waals surface area (Å²) < 4.78 is 16.5. The first kappa shape index (κ1) is 12.5. The van der Waals surface area contributed by atoms with E-state index in [0.717, 1.165) is 5.69 Å². The zero-order valence-corrected chi connectivity index (χ0v) is 11.2. The average Bonchev–Trinajstić information content (AvgIpc) is 2.84. The maximum atomic E-state index is 14.6. The summed E-state index contributed by atoms with van der Waals surface area (Å²) in [5, 5.41) is 0. The topological polar surface area (TPSA) is 30.2 Å². The summed E-state index contributed by atoms with van der Waals surface area (Å²) >= 11 is 0. The van der Waals surface area contributed by atoms with E-state index in [-0.39, 0.29) is 5.82 Å². The first-order valence-corrected chi connectivity index (χ1v) is 6.39. The second-order valence-corrected chi connectivity index (χ2v) is 4.64. The largest absolute Gasteiger partial charge is 0.301 e. The second-order valence-electron chi connectivity index (χ2n) is 4.64.